The van der Waals surface area contributed by atoms with E-state index in [0.717, 1.165) is 12.2 Å². The van der Waals surface area contributed by atoms with Crippen molar-refractivity contribution in [2.24, 2.45) is 0 Å². The Bertz CT molecular complexity index is 483. The number of nitrogens with one attached hydrogen (secondary N) is 1. The van der Waals surface area contributed by atoms with E-state index in [1.807, 2.05) is 0 Å². The molecule has 0 atom stereocenters. The second kappa shape index (κ2) is 6.55. The fourth-order valence-corrected chi connectivity index (χ4v) is 1.55. The summed E-state index contributed by atoms with van der Waals surface area (Å²) in [4.78, 5) is 11.1. The van der Waals surface area contributed by atoms with Gasteiger partial charge in [0.15, 0.2) is 0 Å². The molecule has 0 unspecified atom stereocenters. The molecule has 124 valence electrons. The van der Waals surface area contributed by atoms with Crippen molar-refractivity contribution in [3.8, 4) is 0 Å². The number of alkyl halides is 6. The summed E-state index contributed by atoms with van der Waals surface area (Å²) >= 11 is 0. The Hall–Kier alpha value is -1.77. The minimum atomic E-state index is -5.87. The van der Waals surface area contributed by atoms with Crippen LogP contribution in [0.1, 0.15) is 18.9 Å². The van der Waals surface area contributed by atoms with Gasteiger partial charge in [0.2, 0.25) is 5.91 Å². The van der Waals surface area contributed by atoms with Crippen molar-refractivity contribution in [3.05, 3.63) is 35.9 Å². The highest BCUT2D eigenvalue weighted by Gasteiger charge is 2.73. The molecule has 9 heteroatoms. The quantitative estimate of drug-likeness (QED) is 0.663. The van der Waals surface area contributed by atoms with E-state index in [1.54, 1.807) is 6.07 Å². The molecule has 0 aliphatic rings. The maximum absolute atomic E-state index is 13.0. The second-order valence-electron chi connectivity index (χ2n) is 4.35. The van der Waals surface area contributed by atoms with E-state index >= 15 is 0 Å². The summed E-state index contributed by atoms with van der Waals surface area (Å²) in [5.74, 6) is -1.43. The molecule has 0 aliphatic heterocycles. The van der Waals surface area contributed by atoms with E-state index in [2.05, 4.69) is 4.74 Å². The van der Waals surface area contributed by atoms with Gasteiger partial charge in [-0.1, -0.05) is 37.3 Å². The molecule has 0 saturated heterocycles. The van der Waals surface area contributed by atoms with Gasteiger partial charge in [0.1, 0.15) is 0 Å². The molecule has 1 aromatic carbocycles. The molecule has 1 amide bonds. The molecular weight excluding hydrogens is 316 g/mol. The third-order valence-electron chi connectivity index (χ3n) is 2.73. The van der Waals surface area contributed by atoms with Crippen LogP contribution in [-0.4, -0.2) is 24.0 Å². The minimum absolute atomic E-state index is 0.103. The number of ether oxygens (including phenoxy) is 1. The van der Waals surface area contributed by atoms with Crippen molar-refractivity contribution >= 4 is 5.91 Å². The summed E-state index contributed by atoms with van der Waals surface area (Å²) in [6, 6.07) is 7.03. The molecule has 1 rings (SSSR count). The summed E-state index contributed by atoms with van der Waals surface area (Å²) in [5.41, 5.74) is -4.64. The number of carbonyl (C=O) groups excluding carboxylic acids is 1. The molecule has 0 aromatic heterocycles. The van der Waals surface area contributed by atoms with Gasteiger partial charge in [-0.25, -0.2) is 0 Å². The fraction of sp³-hybridized carbons (Fsp3) is 0.462. The van der Waals surface area contributed by atoms with Crippen LogP contribution in [0.4, 0.5) is 26.3 Å². The molecule has 3 nitrogen and oxygen atoms in total. The Balaban J connectivity index is 3.16. The molecule has 0 spiro atoms. The van der Waals surface area contributed by atoms with Crippen LogP contribution in [0.2, 0.25) is 0 Å². The highest BCUT2D eigenvalue weighted by molar-refractivity contribution is 5.76. The Morgan fingerprint density at radius 2 is 1.55 bits per heavy atom. The Morgan fingerprint density at radius 1 is 1.05 bits per heavy atom. The van der Waals surface area contributed by atoms with Crippen LogP contribution in [0.3, 0.4) is 0 Å². The Morgan fingerprint density at radius 3 is 1.95 bits per heavy atom. The fourth-order valence-electron chi connectivity index (χ4n) is 1.55. The van der Waals surface area contributed by atoms with Crippen LogP contribution in [-0.2, 0) is 16.1 Å². The molecule has 0 aliphatic carbocycles. The van der Waals surface area contributed by atoms with Crippen molar-refractivity contribution in [1.82, 2.24) is 5.32 Å². The highest BCUT2D eigenvalue weighted by atomic mass is 19.4. The largest absolute Gasteiger partial charge is 0.446 e. The number of carbonyl (C=O) groups is 1. The van der Waals surface area contributed by atoms with Crippen LogP contribution < -0.4 is 5.32 Å². The summed E-state index contributed by atoms with van der Waals surface area (Å²) in [5, 5.41) is 0.919. The van der Waals surface area contributed by atoms with Gasteiger partial charge in [-0.2, -0.15) is 26.3 Å². The first-order chi connectivity index (χ1) is 10.0. The van der Waals surface area contributed by atoms with Gasteiger partial charge >= 0.3 is 18.1 Å². The first kappa shape index (κ1) is 18.3. The Labute approximate surface area is 122 Å². The van der Waals surface area contributed by atoms with Crippen molar-refractivity contribution in [2.75, 3.05) is 0 Å². The standard InChI is InChI=1S/C13H13F6NO2/c1-2-10(21)20-11(12(14,15)16,13(17,18)19)22-8-9-6-4-3-5-7-9/h3-7H,2,8H2,1H3,(H,20,21). The zero-order chi connectivity index (χ0) is 17.0. The lowest BCUT2D eigenvalue weighted by Gasteiger charge is -2.37. The maximum atomic E-state index is 13.0. The van der Waals surface area contributed by atoms with E-state index in [4.69, 9.17) is 0 Å². The normalized spacial score (nSPS) is 13.0. The van der Waals surface area contributed by atoms with Crippen LogP contribution >= 0.6 is 0 Å². The lowest BCUT2D eigenvalue weighted by Crippen LogP contribution is -2.69. The SMILES string of the molecule is CCC(=O)NC(OCc1ccccc1)(C(F)(F)F)C(F)(F)F. The van der Waals surface area contributed by atoms with Gasteiger partial charge in [-0.3, -0.25) is 4.79 Å². The predicted octanol–water partition coefficient (Wildman–Crippen LogP) is 3.55. The third-order valence-corrected chi connectivity index (χ3v) is 2.73. The monoisotopic (exact) mass is 329 g/mol. The number of hydrogen-bond donors (Lipinski definition) is 1. The van der Waals surface area contributed by atoms with E-state index in [9.17, 15) is 31.1 Å². The smallest absolute Gasteiger partial charge is 0.336 e. The Kier molecular flexibility index (Phi) is 5.44. The number of amides is 1. The lowest BCUT2D eigenvalue weighted by molar-refractivity contribution is -0.392. The molecular formula is C13H13F6NO2. The van der Waals surface area contributed by atoms with E-state index in [1.165, 1.54) is 24.3 Å². The second-order valence-corrected chi connectivity index (χ2v) is 4.35. The first-order valence-corrected chi connectivity index (χ1v) is 6.16. The molecule has 0 bridgehead atoms. The summed E-state index contributed by atoms with van der Waals surface area (Å²) in [7, 11) is 0. The molecule has 22 heavy (non-hydrogen) atoms. The van der Waals surface area contributed by atoms with Crippen molar-refractivity contribution in [3.63, 3.8) is 0 Å². The van der Waals surface area contributed by atoms with Crippen molar-refractivity contribution in [2.45, 2.75) is 38.0 Å². The van der Waals surface area contributed by atoms with Crippen LogP contribution in [0, 0.1) is 0 Å². The van der Waals surface area contributed by atoms with Gasteiger partial charge < -0.3 is 10.1 Å². The average molecular weight is 329 g/mol. The van der Waals surface area contributed by atoms with E-state index in [0.29, 0.717) is 0 Å². The van der Waals surface area contributed by atoms with E-state index < -0.39 is 37.0 Å². The lowest BCUT2D eigenvalue weighted by atomic mass is 10.1. The average Bonchev–Trinajstić information content (AvgIpc) is 2.41. The highest BCUT2D eigenvalue weighted by Crippen LogP contribution is 2.44. The number of halogens is 6. The van der Waals surface area contributed by atoms with Gasteiger partial charge in [-0.15, -0.1) is 0 Å². The predicted molar refractivity (Wildman–Crippen MR) is 64.5 cm³/mol. The molecule has 0 saturated carbocycles. The zero-order valence-corrected chi connectivity index (χ0v) is 11.4. The van der Waals surface area contributed by atoms with E-state index in [-0.39, 0.29) is 5.56 Å². The summed E-state index contributed by atoms with van der Waals surface area (Å²) < 4.78 is 82.2. The first-order valence-electron chi connectivity index (χ1n) is 6.16. The van der Waals surface area contributed by atoms with Crippen LogP contribution in [0.15, 0.2) is 30.3 Å². The van der Waals surface area contributed by atoms with Gasteiger partial charge in [0.05, 0.1) is 6.61 Å². The summed E-state index contributed by atoms with van der Waals surface area (Å²) in [6.07, 6.45) is -12.3. The maximum Gasteiger partial charge on any atom is 0.446 e. The van der Waals surface area contributed by atoms with Gasteiger partial charge in [0, 0.05) is 6.42 Å². The van der Waals surface area contributed by atoms with Gasteiger partial charge in [0.25, 0.3) is 0 Å². The minimum Gasteiger partial charge on any atom is -0.336 e. The number of rotatable bonds is 5. The van der Waals surface area contributed by atoms with Crippen LogP contribution in [0.25, 0.3) is 0 Å². The van der Waals surface area contributed by atoms with Crippen LogP contribution in [0.5, 0.6) is 0 Å². The van der Waals surface area contributed by atoms with Crippen molar-refractivity contribution < 1.29 is 35.9 Å². The third kappa shape index (κ3) is 3.90. The summed E-state index contributed by atoms with van der Waals surface area (Å²) in [6.45, 7) is 0.161. The number of hydrogen-bond acceptors (Lipinski definition) is 2. The number of benzene rings is 1. The molecule has 1 aromatic rings. The molecule has 0 fully saturated rings. The molecule has 1 N–H and O–H groups in total. The molecule has 0 heterocycles. The molecule has 0 radical (unpaired) electrons. The van der Waals surface area contributed by atoms with Crippen molar-refractivity contribution in [1.29, 1.82) is 0 Å². The zero-order valence-electron chi connectivity index (χ0n) is 11.4. The van der Waals surface area contributed by atoms with Gasteiger partial charge in [-0.05, 0) is 5.56 Å². The topological polar surface area (TPSA) is 38.3 Å².